The summed E-state index contributed by atoms with van der Waals surface area (Å²) in [4.78, 5) is 25.0. The van der Waals surface area contributed by atoms with Gasteiger partial charge in [0.05, 0.1) is 27.5 Å². The molecule has 0 aliphatic heterocycles. The number of nitrogens with zero attached hydrogens (tertiary/aromatic N) is 3. The van der Waals surface area contributed by atoms with Crippen LogP contribution in [0.2, 0.25) is 5.02 Å². The minimum absolute atomic E-state index is 0.0359. The molecular formula is C28H32ClFN4O2. The van der Waals surface area contributed by atoms with Gasteiger partial charge in [0.25, 0.3) is 0 Å². The van der Waals surface area contributed by atoms with Crippen molar-refractivity contribution in [1.29, 1.82) is 0 Å². The topological polar surface area (TPSA) is 78.4 Å². The molecule has 3 aromatic rings. The van der Waals surface area contributed by atoms with Crippen molar-refractivity contribution in [2.75, 3.05) is 26.0 Å². The van der Waals surface area contributed by atoms with Crippen LogP contribution in [-0.4, -0.2) is 52.4 Å². The van der Waals surface area contributed by atoms with Gasteiger partial charge in [0.1, 0.15) is 5.52 Å². The van der Waals surface area contributed by atoms with Crippen LogP contribution in [-0.2, 0) is 0 Å². The number of hydrogen-bond donors (Lipinski definition) is 2. The average Bonchev–Trinajstić information content (AvgIpc) is 2.82. The molecule has 2 N–H and O–H groups in total. The molecule has 5 rings (SSSR count). The van der Waals surface area contributed by atoms with Gasteiger partial charge in [0.15, 0.2) is 17.3 Å². The molecule has 0 amide bonds. The number of pyridine rings is 2. The summed E-state index contributed by atoms with van der Waals surface area (Å²) in [6.07, 6.45) is 8.89. The second-order valence-electron chi connectivity index (χ2n) is 10.5. The van der Waals surface area contributed by atoms with Crippen LogP contribution < -0.4 is 5.32 Å². The van der Waals surface area contributed by atoms with E-state index in [-0.39, 0.29) is 22.8 Å². The molecule has 190 valence electrons. The maximum absolute atomic E-state index is 14.2. The summed E-state index contributed by atoms with van der Waals surface area (Å²) in [5, 5.41) is 13.3. The first-order valence-electron chi connectivity index (χ1n) is 12.7. The Balaban J connectivity index is 1.53. The lowest BCUT2D eigenvalue weighted by molar-refractivity contribution is 0.0855. The molecule has 0 bridgehead atoms. The average molecular weight is 511 g/mol. The summed E-state index contributed by atoms with van der Waals surface area (Å²) in [5.74, 6) is -0.552. The largest absolute Gasteiger partial charge is 0.504 e. The molecule has 0 unspecified atom stereocenters. The van der Waals surface area contributed by atoms with E-state index < -0.39 is 11.6 Å². The van der Waals surface area contributed by atoms with Crippen LogP contribution >= 0.6 is 11.6 Å². The molecule has 36 heavy (non-hydrogen) atoms. The van der Waals surface area contributed by atoms with Gasteiger partial charge in [0, 0.05) is 30.3 Å². The molecule has 8 heteroatoms. The number of ketones is 1. The third kappa shape index (κ3) is 5.04. The Morgan fingerprint density at radius 1 is 1.17 bits per heavy atom. The first kappa shape index (κ1) is 24.9. The van der Waals surface area contributed by atoms with Crippen molar-refractivity contribution in [3.63, 3.8) is 0 Å². The standard InChI is InChI=1S/C28H32ClFN4O2/c1-34(2)15-16-6-8-19(9-7-16)32-25-20(27(35)17-4-3-5-17)14-31-24-11-10-23(33-26(24)25)18-12-21(29)28(36)22(30)13-18/h10-14,16-17,19,36H,3-9,15H2,1-2H3,(H,31,32). The Morgan fingerprint density at radius 3 is 2.56 bits per heavy atom. The van der Waals surface area contributed by atoms with E-state index in [4.69, 9.17) is 16.6 Å². The fourth-order valence-corrected chi connectivity index (χ4v) is 5.58. The first-order chi connectivity index (χ1) is 17.3. The van der Waals surface area contributed by atoms with Gasteiger partial charge in [-0.3, -0.25) is 9.78 Å². The summed E-state index contributed by atoms with van der Waals surface area (Å²) < 4.78 is 14.2. The van der Waals surface area contributed by atoms with Crippen molar-refractivity contribution in [2.24, 2.45) is 11.8 Å². The first-order valence-corrected chi connectivity index (χ1v) is 13.1. The van der Waals surface area contributed by atoms with E-state index in [1.165, 1.54) is 12.1 Å². The van der Waals surface area contributed by atoms with Gasteiger partial charge in [-0.2, -0.15) is 0 Å². The van der Waals surface area contributed by atoms with Crippen LogP contribution in [0.3, 0.4) is 0 Å². The minimum Gasteiger partial charge on any atom is -0.504 e. The van der Waals surface area contributed by atoms with Gasteiger partial charge >= 0.3 is 0 Å². The number of anilines is 1. The van der Waals surface area contributed by atoms with Crippen LogP contribution in [0.25, 0.3) is 22.3 Å². The van der Waals surface area contributed by atoms with Crippen LogP contribution in [0.5, 0.6) is 5.75 Å². The molecule has 2 aromatic heterocycles. The van der Waals surface area contributed by atoms with E-state index in [1.54, 1.807) is 12.3 Å². The summed E-state index contributed by atoms with van der Waals surface area (Å²) in [5.41, 5.74) is 3.51. The van der Waals surface area contributed by atoms with Crippen LogP contribution in [0.15, 0.2) is 30.5 Å². The number of nitrogens with one attached hydrogen (secondary N) is 1. The number of phenolic OH excluding ortho intramolecular Hbond substituents is 1. The quantitative estimate of drug-likeness (QED) is 0.363. The number of carbonyl (C=O) groups excluding carboxylic acids is 1. The number of fused-ring (bicyclic) bond motifs is 1. The molecular weight excluding hydrogens is 479 g/mol. The van der Waals surface area contributed by atoms with Crippen molar-refractivity contribution in [3.8, 4) is 17.0 Å². The third-order valence-corrected chi connectivity index (χ3v) is 7.87. The monoisotopic (exact) mass is 510 g/mol. The summed E-state index contributed by atoms with van der Waals surface area (Å²) in [7, 11) is 4.23. The smallest absolute Gasteiger partial charge is 0.170 e. The number of rotatable bonds is 7. The van der Waals surface area contributed by atoms with Gasteiger partial charge in [-0.05, 0) is 82.8 Å². The molecule has 0 saturated heterocycles. The molecule has 0 spiro atoms. The highest BCUT2D eigenvalue weighted by Gasteiger charge is 2.30. The molecule has 2 fully saturated rings. The maximum atomic E-state index is 14.2. The number of hydrogen-bond acceptors (Lipinski definition) is 6. The van der Waals surface area contributed by atoms with Crippen molar-refractivity contribution in [1.82, 2.24) is 14.9 Å². The molecule has 0 radical (unpaired) electrons. The number of aromatic hydroxyl groups is 1. The van der Waals surface area contributed by atoms with E-state index in [9.17, 15) is 14.3 Å². The van der Waals surface area contributed by atoms with E-state index >= 15 is 0 Å². The molecule has 6 nitrogen and oxygen atoms in total. The van der Waals surface area contributed by atoms with Crippen molar-refractivity contribution >= 4 is 34.1 Å². The van der Waals surface area contributed by atoms with Gasteiger partial charge in [-0.15, -0.1) is 0 Å². The number of halogens is 2. The maximum Gasteiger partial charge on any atom is 0.170 e. The van der Waals surface area contributed by atoms with E-state index in [0.717, 1.165) is 57.2 Å². The van der Waals surface area contributed by atoms with E-state index in [0.29, 0.717) is 33.8 Å². The highest BCUT2D eigenvalue weighted by molar-refractivity contribution is 6.32. The van der Waals surface area contributed by atoms with Crippen LogP contribution in [0.1, 0.15) is 55.3 Å². The van der Waals surface area contributed by atoms with Crippen molar-refractivity contribution in [2.45, 2.75) is 51.0 Å². The predicted octanol–water partition coefficient (Wildman–Crippen LogP) is 6.31. The highest BCUT2D eigenvalue weighted by Crippen LogP contribution is 2.37. The summed E-state index contributed by atoms with van der Waals surface area (Å²) in [6.45, 7) is 1.09. The fourth-order valence-electron chi connectivity index (χ4n) is 5.37. The SMILES string of the molecule is CN(C)CC1CCC(Nc2c(C(=O)C3CCC3)cnc3ccc(-c4cc(F)c(O)c(Cl)c4)nc23)CC1. The van der Waals surface area contributed by atoms with E-state index in [1.807, 2.05) is 6.07 Å². The Morgan fingerprint density at radius 2 is 1.92 bits per heavy atom. The fraction of sp³-hybridized carbons (Fsp3) is 0.464. The highest BCUT2D eigenvalue weighted by atomic mass is 35.5. The second-order valence-corrected chi connectivity index (χ2v) is 10.9. The lowest BCUT2D eigenvalue weighted by atomic mass is 9.79. The second kappa shape index (κ2) is 10.3. The summed E-state index contributed by atoms with van der Waals surface area (Å²) in [6, 6.07) is 6.52. The lowest BCUT2D eigenvalue weighted by Gasteiger charge is -2.32. The normalized spacial score (nSPS) is 20.5. The lowest BCUT2D eigenvalue weighted by Crippen LogP contribution is -2.32. The molecule has 2 aliphatic carbocycles. The zero-order valence-electron chi connectivity index (χ0n) is 20.7. The van der Waals surface area contributed by atoms with Crippen molar-refractivity contribution in [3.05, 3.63) is 46.9 Å². The minimum atomic E-state index is -0.806. The van der Waals surface area contributed by atoms with Gasteiger partial charge in [0.2, 0.25) is 0 Å². The number of phenols is 1. The van der Waals surface area contributed by atoms with Crippen LogP contribution in [0, 0.1) is 17.7 Å². The predicted molar refractivity (Wildman–Crippen MR) is 141 cm³/mol. The Kier molecular flexibility index (Phi) is 7.13. The summed E-state index contributed by atoms with van der Waals surface area (Å²) >= 11 is 6.02. The zero-order chi connectivity index (χ0) is 25.4. The Hall–Kier alpha value is -2.77. The third-order valence-electron chi connectivity index (χ3n) is 7.59. The molecule has 0 atom stereocenters. The Labute approximate surface area is 215 Å². The molecule has 2 saturated carbocycles. The van der Waals surface area contributed by atoms with Gasteiger partial charge in [-0.1, -0.05) is 18.0 Å². The van der Waals surface area contributed by atoms with Crippen LogP contribution in [0.4, 0.5) is 10.1 Å². The molecule has 1 aromatic carbocycles. The zero-order valence-corrected chi connectivity index (χ0v) is 21.5. The molecule has 2 aliphatic rings. The molecule has 2 heterocycles. The number of Topliss-reactive ketones (excluding diaryl/α,β-unsaturated/α-hetero) is 1. The van der Waals surface area contributed by atoms with Crippen molar-refractivity contribution < 1.29 is 14.3 Å². The Bertz CT molecular complexity index is 1260. The number of aromatic nitrogens is 2. The van der Waals surface area contributed by atoms with Gasteiger partial charge < -0.3 is 15.3 Å². The number of carbonyl (C=O) groups is 1. The number of benzene rings is 1. The van der Waals surface area contributed by atoms with Gasteiger partial charge in [-0.25, -0.2) is 9.37 Å². The van der Waals surface area contributed by atoms with E-state index in [2.05, 4.69) is 29.3 Å².